The summed E-state index contributed by atoms with van der Waals surface area (Å²) in [6, 6.07) is 2.27. The molecule has 0 bridgehead atoms. The molecule has 1 unspecified atom stereocenters. The van der Waals surface area contributed by atoms with Gasteiger partial charge < -0.3 is 14.9 Å². The van der Waals surface area contributed by atoms with E-state index >= 15 is 0 Å². The van der Waals surface area contributed by atoms with Crippen LogP contribution in [0.5, 0.6) is 11.5 Å². The van der Waals surface area contributed by atoms with Crippen molar-refractivity contribution in [2.45, 2.75) is 5.44 Å². The molecular weight excluding hydrogens is 304 g/mol. The zero-order chi connectivity index (χ0) is 12.5. The number of ether oxygens (including phenoxy) is 1. The van der Waals surface area contributed by atoms with E-state index in [1.807, 2.05) is 0 Å². The number of phenolic OH excluding ortho intramolecular Hbond substituents is 1. The van der Waals surface area contributed by atoms with Crippen molar-refractivity contribution in [3.8, 4) is 11.5 Å². The lowest BCUT2D eigenvalue weighted by Crippen LogP contribution is -2.11. The van der Waals surface area contributed by atoms with Crippen molar-refractivity contribution in [1.82, 2.24) is 0 Å². The van der Waals surface area contributed by atoms with Gasteiger partial charge >= 0.3 is 0 Å². The third-order valence-electron chi connectivity index (χ3n) is 1.84. The molecule has 6 nitrogen and oxygen atoms in total. The number of aliphatic hydroxyl groups is 1. The Hall–Kier alpha value is -0.830. The second-order valence-electron chi connectivity index (χ2n) is 2.92. The normalized spacial score (nSPS) is 13.5. The van der Waals surface area contributed by atoms with Crippen LogP contribution in [0, 0.1) is 0 Å². The van der Waals surface area contributed by atoms with E-state index in [1.54, 1.807) is 0 Å². The van der Waals surface area contributed by atoms with Crippen LogP contribution in [0.3, 0.4) is 0 Å². The topological polar surface area (TPSA) is 104 Å². The Morgan fingerprint density at radius 1 is 1.44 bits per heavy atom. The maximum absolute atomic E-state index is 10.7. The molecule has 8 heteroatoms. The molecule has 0 amide bonds. The zero-order valence-electron chi connectivity index (χ0n) is 8.08. The number of methoxy groups -OCH3 is 1. The number of phenols is 1. The van der Waals surface area contributed by atoms with Gasteiger partial charge in [-0.1, -0.05) is 0 Å². The smallest absolute Gasteiger partial charge is 0.296 e. The minimum Gasteiger partial charge on any atom is -0.503 e. The summed E-state index contributed by atoms with van der Waals surface area (Å²) >= 11 is 2.96. The molecule has 1 rings (SSSR count). The van der Waals surface area contributed by atoms with Crippen LogP contribution in [-0.2, 0) is 10.1 Å². The molecule has 0 aromatic heterocycles. The fourth-order valence-corrected chi connectivity index (χ4v) is 2.00. The summed E-state index contributed by atoms with van der Waals surface area (Å²) in [6.07, 6.45) is 0. The Labute approximate surface area is 100 Å². The van der Waals surface area contributed by atoms with Crippen LogP contribution in [0.4, 0.5) is 0 Å². The number of rotatable bonds is 3. The highest BCUT2D eigenvalue weighted by Gasteiger charge is 2.24. The van der Waals surface area contributed by atoms with Crippen molar-refractivity contribution in [3.63, 3.8) is 0 Å². The second kappa shape index (κ2) is 4.58. The summed E-state index contributed by atoms with van der Waals surface area (Å²) in [5.41, 5.74) is -2.21. The quantitative estimate of drug-likeness (QED) is 0.720. The second-order valence-corrected chi connectivity index (χ2v) is 5.25. The minimum absolute atomic E-state index is 0.0212. The Morgan fingerprint density at radius 3 is 2.44 bits per heavy atom. The monoisotopic (exact) mass is 312 g/mol. The summed E-state index contributed by atoms with van der Waals surface area (Å²) < 4.78 is 35.0. The molecule has 1 aromatic rings. The number of aliphatic hydroxyl groups excluding tert-OH is 1. The van der Waals surface area contributed by atoms with E-state index in [2.05, 4.69) is 15.9 Å². The van der Waals surface area contributed by atoms with Crippen molar-refractivity contribution < 1.29 is 27.9 Å². The van der Waals surface area contributed by atoms with E-state index in [1.165, 1.54) is 7.11 Å². The first-order valence-corrected chi connectivity index (χ1v) is 6.27. The molecule has 16 heavy (non-hydrogen) atoms. The fraction of sp³-hybridized carbons (Fsp3) is 0.250. The molecule has 0 radical (unpaired) electrons. The summed E-state index contributed by atoms with van der Waals surface area (Å²) in [6.45, 7) is 0. The first-order chi connectivity index (χ1) is 7.27. The van der Waals surface area contributed by atoms with Gasteiger partial charge in [0.05, 0.1) is 11.6 Å². The van der Waals surface area contributed by atoms with Gasteiger partial charge in [0.1, 0.15) is 0 Å². The molecule has 0 fully saturated rings. The number of benzene rings is 1. The number of hydrogen-bond acceptors (Lipinski definition) is 5. The van der Waals surface area contributed by atoms with Gasteiger partial charge in [-0.3, -0.25) is 4.55 Å². The van der Waals surface area contributed by atoms with Gasteiger partial charge in [0.15, 0.2) is 11.5 Å². The van der Waals surface area contributed by atoms with E-state index in [-0.39, 0.29) is 21.5 Å². The molecule has 0 spiro atoms. The van der Waals surface area contributed by atoms with Gasteiger partial charge in [0, 0.05) is 5.56 Å². The highest BCUT2D eigenvalue weighted by Crippen LogP contribution is 2.37. The SMILES string of the molecule is COc1cc(C(O)S(=O)(=O)O)cc(Br)c1O. The third kappa shape index (κ3) is 2.64. The maximum atomic E-state index is 10.7. The predicted molar refractivity (Wildman–Crippen MR) is 58.9 cm³/mol. The molecular formula is C8H9BrO6S. The van der Waals surface area contributed by atoms with Gasteiger partial charge in [-0.25, -0.2) is 0 Å². The van der Waals surface area contributed by atoms with Gasteiger partial charge in [-0.05, 0) is 28.1 Å². The van der Waals surface area contributed by atoms with E-state index in [4.69, 9.17) is 9.29 Å². The number of hydrogen-bond donors (Lipinski definition) is 3. The largest absolute Gasteiger partial charge is 0.503 e. The van der Waals surface area contributed by atoms with Crippen LogP contribution in [0.2, 0.25) is 0 Å². The predicted octanol–water partition coefficient (Wildman–Crippen LogP) is 1.04. The summed E-state index contributed by atoms with van der Waals surface area (Å²) in [4.78, 5) is 0. The van der Waals surface area contributed by atoms with Crippen molar-refractivity contribution >= 4 is 26.0 Å². The van der Waals surface area contributed by atoms with Crippen molar-refractivity contribution in [3.05, 3.63) is 22.2 Å². The Kier molecular flexibility index (Phi) is 3.79. The minimum atomic E-state index is -4.61. The lowest BCUT2D eigenvalue weighted by atomic mass is 10.2. The van der Waals surface area contributed by atoms with Gasteiger partial charge in [0.25, 0.3) is 10.1 Å². The number of halogens is 1. The average Bonchev–Trinajstić information content (AvgIpc) is 2.19. The molecule has 0 aliphatic rings. The summed E-state index contributed by atoms with van der Waals surface area (Å²) in [5.74, 6) is -0.249. The van der Waals surface area contributed by atoms with Crippen LogP contribution in [0.15, 0.2) is 16.6 Å². The van der Waals surface area contributed by atoms with Crippen LogP contribution in [-0.4, -0.2) is 30.3 Å². The molecule has 0 aliphatic carbocycles. The van der Waals surface area contributed by atoms with Crippen LogP contribution in [0.25, 0.3) is 0 Å². The highest BCUT2D eigenvalue weighted by molar-refractivity contribution is 9.10. The molecule has 3 N–H and O–H groups in total. The van der Waals surface area contributed by atoms with Gasteiger partial charge in [0.2, 0.25) is 5.44 Å². The van der Waals surface area contributed by atoms with Crippen LogP contribution >= 0.6 is 15.9 Å². The van der Waals surface area contributed by atoms with E-state index in [0.29, 0.717) is 0 Å². The average molecular weight is 313 g/mol. The molecule has 0 heterocycles. The van der Waals surface area contributed by atoms with Crippen molar-refractivity contribution in [2.75, 3.05) is 7.11 Å². The maximum Gasteiger partial charge on any atom is 0.296 e. The first-order valence-electron chi connectivity index (χ1n) is 3.98. The van der Waals surface area contributed by atoms with Crippen molar-refractivity contribution in [1.29, 1.82) is 0 Å². The van der Waals surface area contributed by atoms with Crippen molar-refractivity contribution in [2.24, 2.45) is 0 Å². The standard InChI is InChI=1S/C8H9BrO6S/c1-15-6-3-4(2-5(9)7(6)10)8(11)16(12,13)14/h2-3,8,10-11H,1H3,(H,12,13,14). The fourth-order valence-electron chi connectivity index (χ4n) is 1.06. The Bertz CT molecular complexity index is 497. The van der Waals surface area contributed by atoms with Crippen LogP contribution in [0.1, 0.15) is 11.0 Å². The first kappa shape index (κ1) is 13.2. The lowest BCUT2D eigenvalue weighted by molar-refractivity contribution is 0.237. The van der Waals surface area contributed by atoms with Gasteiger partial charge in [-0.2, -0.15) is 8.42 Å². The Morgan fingerprint density at radius 2 is 2.00 bits per heavy atom. The van der Waals surface area contributed by atoms with E-state index in [9.17, 15) is 18.6 Å². The number of aromatic hydroxyl groups is 1. The molecule has 1 aromatic carbocycles. The third-order valence-corrected chi connectivity index (χ3v) is 3.28. The summed E-state index contributed by atoms with van der Waals surface area (Å²) in [7, 11) is -3.34. The van der Waals surface area contributed by atoms with E-state index < -0.39 is 15.6 Å². The van der Waals surface area contributed by atoms with Crippen LogP contribution < -0.4 is 4.74 Å². The molecule has 90 valence electrons. The highest BCUT2D eigenvalue weighted by atomic mass is 79.9. The van der Waals surface area contributed by atoms with E-state index in [0.717, 1.165) is 12.1 Å². The Balaban J connectivity index is 3.32. The molecule has 0 saturated carbocycles. The summed E-state index contributed by atoms with van der Waals surface area (Å²) in [5, 5.41) is 18.7. The molecule has 0 saturated heterocycles. The molecule has 0 aliphatic heterocycles. The zero-order valence-corrected chi connectivity index (χ0v) is 10.5. The molecule has 1 atom stereocenters. The van der Waals surface area contributed by atoms with Gasteiger partial charge in [-0.15, -0.1) is 0 Å². The lowest BCUT2D eigenvalue weighted by Gasteiger charge is -2.11.